The Morgan fingerprint density at radius 2 is 2.26 bits per heavy atom. The Morgan fingerprint density at radius 3 is 2.89 bits per heavy atom. The molecule has 1 atom stereocenters. The van der Waals surface area contributed by atoms with Crippen molar-refractivity contribution < 1.29 is 13.2 Å². The molecule has 19 heavy (non-hydrogen) atoms. The molecule has 0 spiro atoms. The molecule has 0 fully saturated rings. The van der Waals surface area contributed by atoms with E-state index in [1.165, 1.54) is 18.4 Å². The highest BCUT2D eigenvalue weighted by Gasteiger charge is 2.14. The Hall–Kier alpha value is -0.740. The Morgan fingerprint density at radius 1 is 1.53 bits per heavy atom. The van der Waals surface area contributed by atoms with Crippen LogP contribution < -0.4 is 14.8 Å². The first-order valence-electron chi connectivity index (χ1n) is 5.93. The van der Waals surface area contributed by atoms with Crippen LogP contribution in [0.25, 0.3) is 0 Å². The summed E-state index contributed by atoms with van der Waals surface area (Å²) in [5, 5.41) is 5.40. The minimum atomic E-state index is -3.58. The van der Waals surface area contributed by atoms with Crippen LogP contribution >= 0.6 is 11.3 Å². The third kappa shape index (κ3) is 5.83. The monoisotopic (exact) mass is 308 g/mol. The van der Waals surface area contributed by atoms with E-state index >= 15 is 0 Å². The number of anilines is 1. The Kier molecular flexibility index (Phi) is 6.66. The van der Waals surface area contributed by atoms with E-state index < -0.39 is 10.2 Å². The first-order valence-corrected chi connectivity index (χ1v) is 8.30. The first kappa shape index (κ1) is 16.3. The maximum absolute atomic E-state index is 11.7. The number of hydrogen-bond acceptors (Lipinski definition) is 6. The van der Waals surface area contributed by atoms with Crippen LogP contribution in [0.2, 0.25) is 0 Å². The van der Waals surface area contributed by atoms with Gasteiger partial charge in [0.1, 0.15) is 0 Å². The number of nitrogens with one attached hydrogen (secondary N) is 3. The zero-order valence-corrected chi connectivity index (χ0v) is 12.9. The van der Waals surface area contributed by atoms with Crippen molar-refractivity contribution in [3.63, 3.8) is 0 Å². The highest BCUT2D eigenvalue weighted by atomic mass is 32.2. The third-order valence-corrected chi connectivity index (χ3v) is 4.25. The van der Waals surface area contributed by atoms with E-state index in [4.69, 9.17) is 4.74 Å². The number of rotatable bonds is 9. The summed E-state index contributed by atoms with van der Waals surface area (Å²) in [5.41, 5.74) is 0.821. The van der Waals surface area contributed by atoms with Crippen molar-refractivity contribution >= 4 is 26.7 Å². The van der Waals surface area contributed by atoms with Crippen LogP contribution in [0.5, 0.6) is 0 Å². The number of methoxy groups -OCH3 is 1. The molecule has 7 nitrogen and oxygen atoms in total. The lowest BCUT2D eigenvalue weighted by molar-refractivity contribution is 0.204. The summed E-state index contributed by atoms with van der Waals surface area (Å²) in [5.74, 6) is 0. The van der Waals surface area contributed by atoms with Gasteiger partial charge >= 0.3 is 10.2 Å². The zero-order chi connectivity index (χ0) is 14.3. The second-order valence-electron chi connectivity index (χ2n) is 3.85. The quantitative estimate of drug-likeness (QED) is 0.584. The van der Waals surface area contributed by atoms with Crippen LogP contribution in [0.1, 0.15) is 25.6 Å². The zero-order valence-electron chi connectivity index (χ0n) is 11.3. The summed E-state index contributed by atoms with van der Waals surface area (Å²) in [6.07, 6.45) is 0. The van der Waals surface area contributed by atoms with Crippen molar-refractivity contribution in [3.05, 3.63) is 11.1 Å². The Bertz CT molecular complexity index is 475. The molecule has 1 aromatic heterocycles. The molecule has 0 amide bonds. The van der Waals surface area contributed by atoms with E-state index in [1.807, 2.05) is 19.2 Å². The highest BCUT2D eigenvalue weighted by Crippen LogP contribution is 2.20. The van der Waals surface area contributed by atoms with Crippen LogP contribution in [-0.4, -0.2) is 40.2 Å². The van der Waals surface area contributed by atoms with E-state index in [9.17, 15) is 8.42 Å². The van der Waals surface area contributed by atoms with Crippen LogP contribution in [0, 0.1) is 0 Å². The molecule has 3 N–H and O–H groups in total. The topological polar surface area (TPSA) is 92.3 Å². The minimum absolute atomic E-state index is 0.0981. The lowest BCUT2D eigenvalue weighted by atomic mass is 10.3. The molecule has 1 unspecified atom stereocenters. The van der Waals surface area contributed by atoms with Crippen molar-refractivity contribution in [1.82, 2.24) is 15.0 Å². The van der Waals surface area contributed by atoms with Gasteiger partial charge in [-0.25, -0.2) is 9.71 Å². The summed E-state index contributed by atoms with van der Waals surface area (Å²) < 4.78 is 32.8. The molecular weight excluding hydrogens is 288 g/mol. The van der Waals surface area contributed by atoms with Crippen molar-refractivity contribution in [3.8, 4) is 0 Å². The molecule has 9 heteroatoms. The Balaban J connectivity index is 2.57. The van der Waals surface area contributed by atoms with Crippen molar-refractivity contribution in [2.75, 3.05) is 31.5 Å². The van der Waals surface area contributed by atoms with Crippen LogP contribution in [0.4, 0.5) is 5.13 Å². The van der Waals surface area contributed by atoms with Gasteiger partial charge in [0, 0.05) is 25.1 Å². The minimum Gasteiger partial charge on any atom is -0.383 e. The van der Waals surface area contributed by atoms with Gasteiger partial charge in [0.05, 0.1) is 12.3 Å². The molecule has 1 aromatic rings. The number of thiazole rings is 1. The van der Waals surface area contributed by atoms with Crippen molar-refractivity contribution in [1.29, 1.82) is 0 Å². The molecule has 1 heterocycles. The van der Waals surface area contributed by atoms with Gasteiger partial charge in [0.25, 0.3) is 0 Å². The molecule has 0 aliphatic rings. The van der Waals surface area contributed by atoms with E-state index in [2.05, 4.69) is 19.7 Å². The third-order valence-electron chi connectivity index (χ3n) is 2.30. The normalized spacial score (nSPS) is 13.4. The van der Waals surface area contributed by atoms with Gasteiger partial charge in [-0.15, -0.1) is 11.3 Å². The van der Waals surface area contributed by atoms with Gasteiger partial charge in [0.2, 0.25) is 0 Å². The number of ether oxygens (including phenoxy) is 1. The first-order chi connectivity index (χ1) is 8.98. The fourth-order valence-electron chi connectivity index (χ4n) is 1.37. The summed E-state index contributed by atoms with van der Waals surface area (Å²) in [6.45, 7) is 5.36. The molecule has 0 aliphatic carbocycles. The van der Waals surface area contributed by atoms with E-state index in [1.54, 1.807) is 0 Å². The van der Waals surface area contributed by atoms with E-state index in [-0.39, 0.29) is 12.6 Å². The number of aromatic nitrogens is 1. The van der Waals surface area contributed by atoms with E-state index in [0.717, 1.165) is 12.2 Å². The lowest BCUT2D eigenvalue weighted by Gasteiger charge is -2.08. The van der Waals surface area contributed by atoms with Gasteiger partial charge in [-0.2, -0.15) is 13.1 Å². The molecule has 0 aliphatic heterocycles. The van der Waals surface area contributed by atoms with Crippen LogP contribution in [0.3, 0.4) is 0 Å². The van der Waals surface area contributed by atoms with Gasteiger partial charge in [-0.3, -0.25) is 0 Å². The SMILES string of the molecule is CCNC(C)c1csc(NS(=O)(=O)NCCOC)n1. The predicted octanol–water partition coefficient (Wildman–Crippen LogP) is 0.706. The second kappa shape index (κ2) is 7.75. The fraction of sp³-hybridized carbons (Fsp3) is 0.700. The smallest absolute Gasteiger partial charge is 0.300 e. The van der Waals surface area contributed by atoms with Gasteiger partial charge in [0.15, 0.2) is 5.13 Å². The molecule has 1 rings (SSSR count). The van der Waals surface area contributed by atoms with Crippen molar-refractivity contribution in [2.24, 2.45) is 0 Å². The number of hydrogen-bond donors (Lipinski definition) is 3. The fourth-order valence-corrected chi connectivity index (χ4v) is 3.24. The molecule has 110 valence electrons. The molecule has 0 bridgehead atoms. The maximum atomic E-state index is 11.7. The summed E-state index contributed by atoms with van der Waals surface area (Å²) in [7, 11) is -2.07. The lowest BCUT2D eigenvalue weighted by Crippen LogP contribution is -2.32. The van der Waals surface area contributed by atoms with Crippen LogP contribution in [-0.2, 0) is 14.9 Å². The number of nitrogens with zero attached hydrogens (tertiary/aromatic N) is 1. The average Bonchev–Trinajstić information content (AvgIpc) is 2.77. The highest BCUT2D eigenvalue weighted by molar-refractivity contribution is 7.91. The molecule has 0 aromatic carbocycles. The van der Waals surface area contributed by atoms with Crippen molar-refractivity contribution in [2.45, 2.75) is 19.9 Å². The predicted molar refractivity (Wildman–Crippen MR) is 76.6 cm³/mol. The summed E-state index contributed by atoms with van der Waals surface area (Å²) in [6, 6.07) is 0.0981. The van der Waals surface area contributed by atoms with Gasteiger partial charge in [-0.05, 0) is 13.5 Å². The molecule has 0 saturated heterocycles. The van der Waals surface area contributed by atoms with Crippen LogP contribution in [0.15, 0.2) is 5.38 Å². The van der Waals surface area contributed by atoms with Gasteiger partial charge < -0.3 is 10.1 Å². The Labute approximate surface area is 118 Å². The molecule has 0 radical (unpaired) electrons. The standard InChI is InChI=1S/C10H20N4O3S2/c1-4-11-8(2)9-7-18-10(13-9)14-19(15,16)12-5-6-17-3/h7-8,11-12H,4-6H2,1-3H3,(H,13,14). The summed E-state index contributed by atoms with van der Waals surface area (Å²) in [4.78, 5) is 4.24. The van der Waals surface area contributed by atoms with E-state index in [0.29, 0.717) is 11.7 Å². The molecular formula is C10H20N4O3S2. The van der Waals surface area contributed by atoms with Gasteiger partial charge in [-0.1, -0.05) is 6.92 Å². The maximum Gasteiger partial charge on any atom is 0.300 e. The molecule has 0 saturated carbocycles. The second-order valence-corrected chi connectivity index (χ2v) is 6.21. The average molecular weight is 308 g/mol. The summed E-state index contributed by atoms with van der Waals surface area (Å²) >= 11 is 1.26. The largest absolute Gasteiger partial charge is 0.383 e.